The molecule has 0 amide bonds. The minimum atomic E-state index is -0.903. The van der Waals surface area contributed by atoms with E-state index in [4.69, 9.17) is 0 Å². The number of aliphatic hydroxyl groups is 1. The highest BCUT2D eigenvalue weighted by Gasteiger charge is 2.44. The maximum atomic E-state index is 12.0. The topological polar surface area (TPSA) is 40.5 Å². The fourth-order valence-electron chi connectivity index (χ4n) is 2.60. The number of hydrogen-bond donors (Lipinski definition) is 1. The molecule has 2 rings (SSSR count). The van der Waals surface area contributed by atoms with Gasteiger partial charge in [0, 0.05) is 17.3 Å². The Kier molecular flexibility index (Phi) is 2.96. The van der Waals surface area contributed by atoms with Gasteiger partial charge in [-0.05, 0) is 39.5 Å². The van der Waals surface area contributed by atoms with E-state index in [1.165, 1.54) is 0 Å². The molecule has 0 aromatic heterocycles. The van der Waals surface area contributed by atoms with Crippen molar-refractivity contribution in [3.8, 4) is 0 Å². The van der Waals surface area contributed by atoms with Crippen LogP contribution in [0.4, 0.5) is 0 Å². The van der Waals surface area contributed by atoms with Crippen LogP contribution in [0.15, 0.2) is 0 Å². The number of piperidine rings is 1. The number of aliphatic hydroxyl groups excluding tert-OH is 1. The molecule has 0 aromatic carbocycles. The van der Waals surface area contributed by atoms with Crippen molar-refractivity contribution >= 4 is 11.0 Å². The molecule has 4 heteroatoms. The van der Waals surface area contributed by atoms with Crippen LogP contribution in [0.5, 0.6) is 0 Å². The van der Waals surface area contributed by atoms with Crippen molar-refractivity contribution < 1.29 is 9.32 Å². The lowest BCUT2D eigenvalue weighted by molar-refractivity contribution is 0.0606. The molecule has 2 aliphatic heterocycles. The minimum absolute atomic E-state index is 0.164. The minimum Gasteiger partial charge on any atom is -0.391 e. The van der Waals surface area contributed by atoms with E-state index in [0.717, 1.165) is 25.7 Å². The molecule has 2 aliphatic rings. The average Bonchev–Trinajstić information content (AvgIpc) is 2.47. The van der Waals surface area contributed by atoms with Gasteiger partial charge in [-0.2, -0.15) is 0 Å². The highest BCUT2D eigenvalue weighted by molar-refractivity contribution is 7.83. The summed E-state index contributed by atoms with van der Waals surface area (Å²) in [5.41, 5.74) is 0. The van der Waals surface area contributed by atoms with Crippen molar-refractivity contribution in [2.45, 2.75) is 63.0 Å². The van der Waals surface area contributed by atoms with Gasteiger partial charge < -0.3 is 5.11 Å². The van der Waals surface area contributed by atoms with E-state index < -0.39 is 11.0 Å². The van der Waals surface area contributed by atoms with Crippen LogP contribution in [-0.4, -0.2) is 37.1 Å². The molecule has 2 fully saturated rings. The van der Waals surface area contributed by atoms with Crippen LogP contribution in [-0.2, 0) is 11.0 Å². The summed E-state index contributed by atoms with van der Waals surface area (Å²) in [6.07, 6.45) is 3.78. The van der Waals surface area contributed by atoms with Crippen LogP contribution in [0, 0.1) is 0 Å². The molecule has 14 heavy (non-hydrogen) atoms. The van der Waals surface area contributed by atoms with Gasteiger partial charge in [0.1, 0.15) is 0 Å². The van der Waals surface area contributed by atoms with Gasteiger partial charge in [0.15, 0.2) is 0 Å². The first kappa shape index (κ1) is 10.6. The second kappa shape index (κ2) is 3.91. The van der Waals surface area contributed by atoms with Crippen molar-refractivity contribution in [1.29, 1.82) is 0 Å². The molecule has 3 unspecified atom stereocenters. The van der Waals surface area contributed by atoms with Crippen molar-refractivity contribution in [1.82, 2.24) is 4.31 Å². The Labute approximate surface area is 88.1 Å². The summed E-state index contributed by atoms with van der Waals surface area (Å²) in [6.45, 7) is 3.97. The van der Waals surface area contributed by atoms with Crippen LogP contribution < -0.4 is 0 Å². The van der Waals surface area contributed by atoms with Crippen LogP contribution >= 0.6 is 0 Å². The lowest BCUT2D eigenvalue weighted by Gasteiger charge is -2.37. The monoisotopic (exact) mass is 217 g/mol. The molecular formula is C10H19NO2S. The molecule has 0 aromatic rings. The highest BCUT2D eigenvalue weighted by atomic mass is 32.2. The SMILES string of the molecule is CC(C)S(=O)N1C2CC[C@H]1CCC2O. The van der Waals surface area contributed by atoms with Gasteiger partial charge in [-0.25, -0.2) is 8.51 Å². The summed E-state index contributed by atoms with van der Waals surface area (Å²) in [4.78, 5) is 0. The first-order valence-corrected chi connectivity index (χ1v) is 6.65. The second-order valence-electron chi connectivity index (χ2n) is 4.63. The van der Waals surface area contributed by atoms with E-state index in [0.29, 0.717) is 6.04 Å². The van der Waals surface area contributed by atoms with Gasteiger partial charge in [-0.15, -0.1) is 0 Å². The molecular weight excluding hydrogens is 198 g/mol. The van der Waals surface area contributed by atoms with E-state index in [9.17, 15) is 9.32 Å². The first-order valence-electron chi connectivity index (χ1n) is 5.48. The van der Waals surface area contributed by atoms with E-state index >= 15 is 0 Å². The number of rotatable bonds is 2. The predicted octanol–water partition coefficient (Wildman–Crippen LogP) is 1.05. The molecule has 4 atom stereocenters. The van der Waals surface area contributed by atoms with E-state index in [1.807, 2.05) is 13.8 Å². The summed E-state index contributed by atoms with van der Waals surface area (Å²) in [7, 11) is -0.903. The third-order valence-corrected chi connectivity index (χ3v) is 5.12. The Morgan fingerprint density at radius 1 is 1.29 bits per heavy atom. The van der Waals surface area contributed by atoms with Crippen LogP contribution in [0.3, 0.4) is 0 Å². The zero-order chi connectivity index (χ0) is 10.3. The van der Waals surface area contributed by atoms with Gasteiger partial charge in [0.25, 0.3) is 0 Å². The van der Waals surface area contributed by atoms with Gasteiger partial charge in [0.2, 0.25) is 0 Å². The van der Waals surface area contributed by atoms with Gasteiger partial charge in [0.05, 0.1) is 17.1 Å². The largest absolute Gasteiger partial charge is 0.391 e. The van der Waals surface area contributed by atoms with Crippen molar-refractivity contribution in [2.24, 2.45) is 0 Å². The summed E-state index contributed by atoms with van der Waals surface area (Å²) in [5, 5.41) is 9.99. The first-order chi connectivity index (χ1) is 6.61. The van der Waals surface area contributed by atoms with E-state index in [1.54, 1.807) is 0 Å². The lowest BCUT2D eigenvalue weighted by atomic mass is 10.0. The molecule has 2 heterocycles. The molecule has 82 valence electrons. The fraction of sp³-hybridized carbons (Fsp3) is 1.00. The summed E-state index contributed by atoms with van der Waals surface area (Å²) in [5.74, 6) is 0. The Balaban J connectivity index is 2.15. The van der Waals surface area contributed by atoms with Crippen molar-refractivity contribution in [3.63, 3.8) is 0 Å². The van der Waals surface area contributed by atoms with Gasteiger partial charge in [-0.1, -0.05) is 0 Å². The second-order valence-corrected chi connectivity index (χ2v) is 6.54. The molecule has 0 spiro atoms. The number of hydrogen-bond acceptors (Lipinski definition) is 2. The number of fused-ring (bicyclic) bond motifs is 2. The van der Waals surface area contributed by atoms with Crippen LogP contribution in [0.2, 0.25) is 0 Å². The van der Waals surface area contributed by atoms with Crippen molar-refractivity contribution in [3.05, 3.63) is 0 Å². The Hall–Kier alpha value is 0.0700. The predicted molar refractivity (Wildman–Crippen MR) is 57.2 cm³/mol. The molecule has 0 radical (unpaired) electrons. The normalized spacial score (nSPS) is 40.4. The summed E-state index contributed by atoms with van der Waals surface area (Å²) >= 11 is 0. The lowest BCUT2D eigenvalue weighted by Crippen LogP contribution is -2.49. The standard InChI is InChI=1S/C10H19NO2S/c1-7(2)14(13)11-8-3-5-9(11)10(12)6-4-8/h7-10,12H,3-6H2,1-2H3/t8-,9?,10?,14?/m0/s1. The maximum Gasteiger partial charge on any atom is 0.0974 e. The maximum absolute atomic E-state index is 12.0. The summed E-state index contributed by atoms with van der Waals surface area (Å²) in [6, 6.07) is 0.628. The molecule has 0 aliphatic carbocycles. The Bertz CT molecular complexity index is 244. The molecule has 3 nitrogen and oxygen atoms in total. The Morgan fingerprint density at radius 3 is 2.57 bits per heavy atom. The van der Waals surface area contributed by atoms with Crippen LogP contribution in [0.25, 0.3) is 0 Å². The van der Waals surface area contributed by atoms with E-state index in [-0.39, 0.29) is 17.4 Å². The fourth-order valence-corrected chi connectivity index (χ4v) is 4.11. The summed E-state index contributed by atoms with van der Waals surface area (Å²) < 4.78 is 14.1. The molecule has 1 N–H and O–H groups in total. The molecule has 2 bridgehead atoms. The average molecular weight is 217 g/mol. The van der Waals surface area contributed by atoms with E-state index in [2.05, 4.69) is 4.31 Å². The molecule has 0 saturated carbocycles. The smallest absolute Gasteiger partial charge is 0.0974 e. The molecule has 2 saturated heterocycles. The highest BCUT2D eigenvalue weighted by Crippen LogP contribution is 2.37. The zero-order valence-corrected chi connectivity index (χ0v) is 9.67. The van der Waals surface area contributed by atoms with Crippen LogP contribution in [0.1, 0.15) is 39.5 Å². The Morgan fingerprint density at radius 2 is 1.93 bits per heavy atom. The van der Waals surface area contributed by atoms with Gasteiger partial charge in [-0.3, -0.25) is 0 Å². The quantitative estimate of drug-likeness (QED) is 0.751. The van der Waals surface area contributed by atoms with Crippen molar-refractivity contribution in [2.75, 3.05) is 0 Å². The third kappa shape index (κ3) is 1.64. The van der Waals surface area contributed by atoms with Gasteiger partial charge >= 0.3 is 0 Å². The number of nitrogens with zero attached hydrogens (tertiary/aromatic N) is 1. The zero-order valence-electron chi connectivity index (χ0n) is 8.85. The third-order valence-electron chi connectivity index (χ3n) is 3.33.